The number of hydrogen-bond donors (Lipinski definition) is 0. The first-order valence-corrected chi connectivity index (χ1v) is 10.0. The molecule has 0 bridgehead atoms. The van der Waals surface area contributed by atoms with E-state index in [2.05, 4.69) is 24.1 Å². The summed E-state index contributed by atoms with van der Waals surface area (Å²) in [7, 11) is 2.07. The van der Waals surface area contributed by atoms with Gasteiger partial charge in [-0.05, 0) is 22.8 Å². The van der Waals surface area contributed by atoms with Crippen molar-refractivity contribution in [2.45, 2.75) is 12.6 Å². The van der Waals surface area contributed by atoms with Crippen LogP contribution in [0.15, 0.2) is 84.9 Å². The molecule has 1 heterocycles. The highest BCUT2D eigenvalue weighted by atomic mass is 16.5. The first-order chi connectivity index (χ1) is 14.2. The fourth-order valence-electron chi connectivity index (χ4n) is 3.79. The zero-order valence-electron chi connectivity index (χ0n) is 16.7. The molecule has 0 unspecified atom stereocenters. The van der Waals surface area contributed by atoms with Crippen molar-refractivity contribution in [3.8, 4) is 0 Å². The fourth-order valence-corrected chi connectivity index (χ4v) is 3.79. The monoisotopic (exact) mass is 386 g/mol. The number of ether oxygens (including phenoxy) is 1. The molecule has 0 aromatic heterocycles. The van der Waals surface area contributed by atoms with Crippen molar-refractivity contribution in [2.75, 3.05) is 31.6 Å². The van der Waals surface area contributed by atoms with E-state index in [1.165, 1.54) is 11.3 Å². The van der Waals surface area contributed by atoms with E-state index in [1.807, 2.05) is 77.7 Å². The maximum absolute atomic E-state index is 13.0. The highest BCUT2D eigenvalue weighted by molar-refractivity contribution is 5.78. The Morgan fingerprint density at radius 3 is 2.10 bits per heavy atom. The van der Waals surface area contributed by atoms with Crippen molar-refractivity contribution in [3.63, 3.8) is 0 Å². The highest BCUT2D eigenvalue weighted by Gasteiger charge is 2.23. The number of anilines is 1. The van der Waals surface area contributed by atoms with Crippen LogP contribution >= 0.6 is 0 Å². The molecular weight excluding hydrogens is 360 g/mol. The van der Waals surface area contributed by atoms with Crippen LogP contribution in [0.3, 0.4) is 0 Å². The third kappa shape index (κ3) is 4.49. The minimum absolute atomic E-state index is 0.0203. The molecular formula is C25H26N2O2. The lowest BCUT2D eigenvalue weighted by Crippen LogP contribution is -2.37. The van der Waals surface area contributed by atoms with Gasteiger partial charge in [0, 0.05) is 32.4 Å². The molecule has 3 aromatic rings. The molecule has 4 rings (SSSR count). The van der Waals surface area contributed by atoms with E-state index in [4.69, 9.17) is 4.74 Å². The van der Waals surface area contributed by atoms with Gasteiger partial charge in [-0.25, -0.2) is 0 Å². The summed E-state index contributed by atoms with van der Waals surface area (Å²) >= 11 is 0. The summed E-state index contributed by atoms with van der Waals surface area (Å²) in [6.45, 7) is 2.17. The van der Waals surface area contributed by atoms with Crippen molar-refractivity contribution in [1.29, 1.82) is 0 Å². The largest absolute Gasteiger partial charge is 0.373 e. The summed E-state index contributed by atoms with van der Waals surface area (Å²) < 4.78 is 6.18. The van der Waals surface area contributed by atoms with E-state index >= 15 is 0 Å². The number of likely N-dealkylation sites (N-methyl/N-ethyl adjacent to an activating group) is 1. The SMILES string of the molecule is CN1CCN(C(=O)COC(c2ccccc2)c2ccccc2)Cc2ccccc21. The number of benzene rings is 3. The van der Waals surface area contributed by atoms with Crippen LogP contribution in [-0.4, -0.2) is 37.6 Å². The van der Waals surface area contributed by atoms with Gasteiger partial charge in [0.2, 0.25) is 5.91 Å². The Hall–Kier alpha value is -3.11. The second-order valence-electron chi connectivity index (χ2n) is 7.38. The molecule has 4 nitrogen and oxygen atoms in total. The lowest BCUT2D eigenvalue weighted by molar-refractivity contribution is -0.138. The molecule has 0 aliphatic carbocycles. The third-order valence-corrected chi connectivity index (χ3v) is 5.40. The Labute approximate surface area is 172 Å². The summed E-state index contributed by atoms with van der Waals surface area (Å²) in [4.78, 5) is 17.1. The molecule has 0 atom stereocenters. The zero-order valence-corrected chi connectivity index (χ0v) is 16.7. The molecule has 0 saturated carbocycles. The number of rotatable bonds is 5. The average Bonchev–Trinajstić information content (AvgIpc) is 2.94. The van der Waals surface area contributed by atoms with Gasteiger partial charge in [-0.15, -0.1) is 0 Å². The Kier molecular flexibility index (Phi) is 5.92. The van der Waals surface area contributed by atoms with Crippen molar-refractivity contribution in [3.05, 3.63) is 102 Å². The highest BCUT2D eigenvalue weighted by Crippen LogP contribution is 2.27. The van der Waals surface area contributed by atoms with Gasteiger partial charge in [0.1, 0.15) is 12.7 Å². The minimum Gasteiger partial charge on any atom is -0.373 e. The van der Waals surface area contributed by atoms with Crippen LogP contribution in [-0.2, 0) is 16.1 Å². The Balaban J connectivity index is 1.49. The van der Waals surface area contributed by atoms with E-state index < -0.39 is 0 Å². The summed E-state index contributed by atoms with van der Waals surface area (Å²) in [5.41, 5.74) is 4.46. The summed E-state index contributed by atoms with van der Waals surface area (Å²) in [6.07, 6.45) is -0.261. The number of fused-ring (bicyclic) bond motifs is 1. The van der Waals surface area contributed by atoms with Crippen molar-refractivity contribution in [2.24, 2.45) is 0 Å². The van der Waals surface area contributed by atoms with Gasteiger partial charge in [0.25, 0.3) is 0 Å². The third-order valence-electron chi connectivity index (χ3n) is 5.40. The van der Waals surface area contributed by atoms with E-state index in [9.17, 15) is 4.79 Å². The Morgan fingerprint density at radius 2 is 1.45 bits per heavy atom. The molecule has 148 valence electrons. The van der Waals surface area contributed by atoms with Gasteiger partial charge >= 0.3 is 0 Å². The van der Waals surface area contributed by atoms with Crippen molar-refractivity contribution >= 4 is 11.6 Å². The van der Waals surface area contributed by atoms with Gasteiger partial charge in [-0.1, -0.05) is 78.9 Å². The van der Waals surface area contributed by atoms with Gasteiger partial charge in [0.15, 0.2) is 0 Å². The molecule has 1 aliphatic heterocycles. The summed E-state index contributed by atoms with van der Waals surface area (Å²) in [5.74, 6) is 0.0203. The predicted molar refractivity (Wildman–Crippen MR) is 116 cm³/mol. The molecule has 1 aliphatic rings. The quantitative estimate of drug-likeness (QED) is 0.656. The standard InChI is InChI=1S/C25H26N2O2/c1-26-16-17-27(18-22-14-8-9-15-23(22)26)24(28)19-29-25(20-10-4-2-5-11-20)21-12-6-3-7-13-21/h2-15,25H,16-19H2,1H3. The number of carbonyl (C=O) groups is 1. The second-order valence-corrected chi connectivity index (χ2v) is 7.38. The van der Waals surface area contributed by atoms with Crippen molar-refractivity contribution < 1.29 is 9.53 Å². The van der Waals surface area contributed by atoms with Crippen LogP contribution in [0.2, 0.25) is 0 Å². The number of carbonyl (C=O) groups excluding carboxylic acids is 1. The molecule has 0 spiro atoms. The smallest absolute Gasteiger partial charge is 0.248 e. The second kappa shape index (κ2) is 8.93. The van der Waals surface area contributed by atoms with Gasteiger partial charge in [-0.3, -0.25) is 4.79 Å². The molecule has 0 saturated heterocycles. The minimum atomic E-state index is -0.261. The topological polar surface area (TPSA) is 32.8 Å². The predicted octanol–water partition coefficient (Wildman–Crippen LogP) is 4.27. The molecule has 3 aromatic carbocycles. The summed E-state index contributed by atoms with van der Waals surface area (Å²) in [6, 6.07) is 28.4. The van der Waals surface area contributed by atoms with E-state index in [0.29, 0.717) is 13.1 Å². The van der Waals surface area contributed by atoms with Crippen molar-refractivity contribution in [1.82, 2.24) is 4.90 Å². The lowest BCUT2D eigenvalue weighted by Gasteiger charge is -2.24. The number of hydrogen-bond acceptors (Lipinski definition) is 3. The maximum atomic E-state index is 13.0. The van der Waals surface area contributed by atoms with E-state index in [0.717, 1.165) is 17.7 Å². The maximum Gasteiger partial charge on any atom is 0.248 e. The van der Waals surface area contributed by atoms with E-state index in [1.54, 1.807) is 0 Å². The average molecular weight is 386 g/mol. The number of nitrogens with zero attached hydrogens (tertiary/aromatic N) is 2. The molecule has 0 fully saturated rings. The van der Waals surface area contributed by atoms with E-state index in [-0.39, 0.29) is 18.6 Å². The molecule has 0 N–H and O–H groups in total. The van der Waals surface area contributed by atoms with Crippen LogP contribution in [0.1, 0.15) is 22.8 Å². The Morgan fingerprint density at radius 1 is 0.862 bits per heavy atom. The van der Waals surface area contributed by atoms with Crippen LogP contribution < -0.4 is 4.90 Å². The van der Waals surface area contributed by atoms with Crippen LogP contribution in [0.25, 0.3) is 0 Å². The van der Waals surface area contributed by atoms with Gasteiger partial charge in [0.05, 0.1) is 0 Å². The molecule has 1 amide bonds. The van der Waals surface area contributed by atoms with Crippen LogP contribution in [0, 0.1) is 0 Å². The normalized spacial score (nSPS) is 13.9. The number of amides is 1. The van der Waals surface area contributed by atoms with Gasteiger partial charge < -0.3 is 14.5 Å². The first-order valence-electron chi connectivity index (χ1n) is 10.0. The lowest BCUT2D eigenvalue weighted by atomic mass is 10.0. The Bertz CT molecular complexity index is 904. The number of para-hydroxylation sites is 1. The fraction of sp³-hybridized carbons (Fsp3) is 0.240. The molecule has 4 heteroatoms. The zero-order chi connectivity index (χ0) is 20.1. The van der Waals surface area contributed by atoms with Gasteiger partial charge in [-0.2, -0.15) is 0 Å². The van der Waals surface area contributed by atoms with Crippen LogP contribution in [0.4, 0.5) is 5.69 Å². The first kappa shape index (κ1) is 19.2. The molecule has 0 radical (unpaired) electrons. The summed E-state index contributed by atoms with van der Waals surface area (Å²) in [5, 5.41) is 0. The van der Waals surface area contributed by atoms with Crippen LogP contribution in [0.5, 0.6) is 0 Å². The molecule has 29 heavy (non-hydrogen) atoms.